The van der Waals surface area contributed by atoms with E-state index < -0.39 is 13.4 Å². The van der Waals surface area contributed by atoms with E-state index in [4.69, 9.17) is 0 Å². The van der Waals surface area contributed by atoms with Crippen LogP contribution in [0.3, 0.4) is 0 Å². The van der Waals surface area contributed by atoms with Gasteiger partial charge < -0.3 is 4.52 Å². The van der Waals surface area contributed by atoms with E-state index in [0.29, 0.717) is 25.2 Å². The van der Waals surface area contributed by atoms with E-state index in [1.165, 1.54) is 7.11 Å². The molecule has 0 aromatic heterocycles. The van der Waals surface area contributed by atoms with Gasteiger partial charge >= 0.3 is 0 Å². The Hall–Kier alpha value is -0.470. The molecule has 17 heavy (non-hydrogen) atoms. The van der Waals surface area contributed by atoms with Gasteiger partial charge in [-0.15, -0.1) is 0 Å². The minimum absolute atomic E-state index is 0.0297. The molecule has 0 saturated heterocycles. The van der Waals surface area contributed by atoms with Crippen LogP contribution < -0.4 is 0 Å². The Labute approximate surface area is 103 Å². The number of ketones is 2. The van der Waals surface area contributed by atoms with Crippen LogP contribution in [0.1, 0.15) is 39.5 Å². The Kier molecular flexibility index (Phi) is 5.08. The van der Waals surface area contributed by atoms with Crippen LogP contribution in [0.5, 0.6) is 0 Å². The summed E-state index contributed by atoms with van der Waals surface area (Å²) in [5, 5.41) is 0. The molecule has 0 aromatic rings. The third kappa shape index (κ3) is 3.75. The lowest BCUT2D eigenvalue weighted by Crippen LogP contribution is -2.27. The highest BCUT2D eigenvalue weighted by Crippen LogP contribution is 2.50. The average molecular weight is 260 g/mol. The van der Waals surface area contributed by atoms with Gasteiger partial charge in [-0.1, -0.05) is 13.8 Å². The lowest BCUT2D eigenvalue weighted by Gasteiger charge is -2.13. The van der Waals surface area contributed by atoms with Crippen molar-refractivity contribution in [1.29, 1.82) is 0 Å². The number of rotatable bonds is 8. The molecule has 1 aliphatic carbocycles. The van der Waals surface area contributed by atoms with E-state index in [1.54, 1.807) is 0 Å². The zero-order valence-corrected chi connectivity index (χ0v) is 11.7. The second-order valence-corrected chi connectivity index (χ2v) is 6.62. The van der Waals surface area contributed by atoms with Crippen LogP contribution in [0.4, 0.5) is 0 Å². The van der Waals surface area contributed by atoms with Gasteiger partial charge in [0.25, 0.3) is 0 Å². The van der Waals surface area contributed by atoms with Gasteiger partial charge in [0.15, 0.2) is 13.8 Å². The van der Waals surface area contributed by atoms with E-state index in [2.05, 4.69) is 18.4 Å². The highest BCUT2D eigenvalue weighted by molar-refractivity contribution is 7.40. The molecule has 5 heteroatoms. The van der Waals surface area contributed by atoms with Crippen LogP contribution >= 0.6 is 8.03 Å². The topological polar surface area (TPSA) is 60.4 Å². The summed E-state index contributed by atoms with van der Waals surface area (Å²) in [5.74, 6) is 0.307. The Morgan fingerprint density at radius 3 is 2.29 bits per heavy atom. The van der Waals surface area contributed by atoms with Crippen molar-refractivity contribution in [3.8, 4) is 0 Å². The predicted octanol–water partition coefficient (Wildman–Crippen LogP) is 2.46. The Balaban J connectivity index is 2.53. The SMILES string of the molecule is CO[PH](=O)CC(=O)C1(C(=O)CCC(C)C)CC1. The summed E-state index contributed by atoms with van der Waals surface area (Å²) in [5.41, 5.74) is -0.798. The van der Waals surface area contributed by atoms with Gasteiger partial charge in [-0.2, -0.15) is 0 Å². The minimum Gasteiger partial charge on any atom is -0.334 e. The van der Waals surface area contributed by atoms with Crippen molar-refractivity contribution in [2.75, 3.05) is 13.3 Å². The van der Waals surface area contributed by atoms with Gasteiger partial charge in [0.2, 0.25) is 0 Å². The van der Waals surface area contributed by atoms with E-state index in [9.17, 15) is 14.2 Å². The Morgan fingerprint density at radius 2 is 1.88 bits per heavy atom. The molecule has 1 fully saturated rings. The Morgan fingerprint density at radius 1 is 1.29 bits per heavy atom. The lowest BCUT2D eigenvalue weighted by molar-refractivity contribution is -0.133. The molecule has 1 unspecified atom stereocenters. The maximum atomic E-state index is 12.0. The quantitative estimate of drug-likeness (QED) is 0.497. The van der Waals surface area contributed by atoms with Crippen LogP contribution in [-0.2, 0) is 18.7 Å². The van der Waals surface area contributed by atoms with E-state index in [-0.39, 0.29) is 17.7 Å². The molecule has 0 radical (unpaired) electrons. The summed E-state index contributed by atoms with van der Waals surface area (Å²) in [6.07, 6.45) is 2.43. The van der Waals surface area contributed by atoms with E-state index in [0.717, 1.165) is 6.42 Å². The van der Waals surface area contributed by atoms with Gasteiger partial charge in [-0.25, -0.2) is 0 Å². The summed E-state index contributed by atoms with van der Waals surface area (Å²) < 4.78 is 15.9. The average Bonchev–Trinajstić information content (AvgIpc) is 3.06. The first-order valence-corrected chi connectivity index (χ1v) is 7.58. The minimum atomic E-state index is -2.29. The summed E-state index contributed by atoms with van der Waals surface area (Å²) in [4.78, 5) is 23.9. The first-order valence-electron chi connectivity index (χ1n) is 6.06. The summed E-state index contributed by atoms with van der Waals surface area (Å²) >= 11 is 0. The van der Waals surface area contributed by atoms with Crippen LogP contribution in [0.25, 0.3) is 0 Å². The monoisotopic (exact) mass is 260 g/mol. The summed E-state index contributed by atoms with van der Waals surface area (Å²) in [6, 6.07) is 0. The predicted molar refractivity (Wildman–Crippen MR) is 66.6 cm³/mol. The zero-order chi connectivity index (χ0) is 13.1. The fourth-order valence-electron chi connectivity index (χ4n) is 1.87. The molecule has 1 saturated carbocycles. The molecule has 4 nitrogen and oxygen atoms in total. The molecule has 1 atom stereocenters. The molecule has 0 amide bonds. The molecule has 0 N–H and O–H groups in total. The molecule has 1 rings (SSSR count). The van der Waals surface area contributed by atoms with Crippen molar-refractivity contribution in [3.63, 3.8) is 0 Å². The highest BCUT2D eigenvalue weighted by atomic mass is 31.1. The zero-order valence-electron chi connectivity index (χ0n) is 10.7. The van der Waals surface area contributed by atoms with Gasteiger partial charge in [-0.3, -0.25) is 14.2 Å². The third-order valence-electron chi connectivity index (χ3n) is 3.30. The van der Waals surface area contributed by atoms with Crippen LogP contribution in [0, 0.1) is 11.3 Å². The molecule has 0 spiro atoms. The Bertz CT molecular complexity index is 331. The van der Waals surface area contributed by atoms with Crippen molar-refractivity contribution in [1.82, 2.24) is 0 Å². The largest absolute Gasteiger partial charge is 0.334 e. The highest BCUT2D eigenvalue weighted by Gasteiger charge is 2.54. The number of Topliss-reactive ketones (excluding diaryl/α,β-unsaturated/α-hetero) is 2. The summed E-state index contributed by atoms with van der Waals surface area (Å²) in [6.45, 7) is 4.11. The molecule has 0 aliphatic heterocycles. The fourth-order valence-corrected chi connectivity index (χ4v) is 2.61. The maximum absolute atomic E-state index is 12.0. The van der Waals surface area contributed by atoms with Crippen LogP contribution in [-0.4, -0.2) is 24.8 Å². The first-order chi connectivity index (χ1) is 7.92. The van der Waals surface area contributed by atoms with Gasteiger partial charge in [0.05, 0.1) is 11.6 Å². The standard InChI is InChI=1S/C12H21O4P/c1-9(2)4-5-10(13)12(6-7-12)11(14)8-17(15)16-3/h9,17H,4-8H2,1-3H3. The molecule has 98 valence electrons. The summed E-state index contributed by atoms with van der Waals surface area (Å²) in [7, 11) is -0.958. The number of carbonyl (C=O) groups is 2. The number of hydrogen-bond acceptors (Lipinski definition) is 4. The molecular weight excluding hydrogens is 239 g/mol. The number of hydrogen-bond donors (Lipinski definition) is 0. The second-order valence-electron chi connectivity index (χ2n) is 5.11. The molecular formula is C12H21O4P. The van der Waals surface area contributed by atoms with Crippen molar-refractivity contribution in [3.05, 3.63) is 0 Å². The van der Waals surface area contributed by atoms with Gasteiger partial charge in [-0.05, 0) is 25.2 Å². The molecule has 0 aromatic carbocycles. The van der Waals surface area contributed by atoms with E-state index in [1.807, 2.05) is 0 Å². The molecule has 0 bridgehead atoms. The smallest absolute Gasteiger partial charge is 0.198 e. The van der Waals surface area contributed by atoms with Crippen molar-refractivity contribution >= 4 is 19.6 Å². The van der Waals surface area contributed by atoms with Crippen LogP contribution in [0.2, 0.25) is 0 Å². The van der Waals surface area contributed by atoms with E-state index >= 15 is 0 Å². The maximum Gasteiger partial charge on any atom is 0.198 e. The van der Waals surface area contributed by atoms with Gasteiger partial charge in [0.1, 0.15) is 5.78 Å². The van der Waals surface area contributed by atoms with Crippen molar-refractivity contribution in [2.45, 2.75) is 39.5 Å². The normalized spacial score (nSPS) is 19.1. The van der Waals surface area contributed by atoms with Crippen LogP contribution in [0.15, 0.2) is 0 Å². The molecule has 0 heterocycles. The second kappa shape index (κ2) is 5.92. The third-order valence-corrected chi connectivity index (χ3v) is 4.36. The first kappa shape index (κ1) is 14.6. The van der Waals surface area contributed by atoms with Gasteiger partial charge in [0, 0.05) is 13.5 Å². The molecule has 1 aliphatic rings. The van der Waals surface area contributed by atoms with Crippen molar-refractivity contribution in [2.24, 2.45) is 11.3 Å². The fraction of sp³-hybridized carbons (Fsp3) is 0.833. The number of carbonyl (C=O) groups excluding carboxylic acids is 2. The lowest BCUT2D eigenvalue weighted by atomic mass is 9.91. The van der Waals surface area contributed by atoms with Crippen molar-refractivity contribution < 1.29 is 18.7 Å².